The predicted octanol–water partition coefficient (Wildman–Crippen LogP) is 3.69. The Labute approximate surface area is 182 Å². The second kappa shape index (κ2) is 10.6. The first kappa shape index (κ1) is 22.3. The lowest BCUT2D eigenvalue weighted by Crippen LogP contribution is -2.46. The van der Waals surface area contributed by atoms with E-state index in [1.165, 1.54) is 4.90 Å². The number of ether oxygens (including phenoxy) is 2. The first-order chi connectivity index (χ1) is 15.0. The molecule has 7 nitrogen and oxygen atoms in total. The monoisotopic (exact) mass is 424 g/mol. The summed E-state index contributed by atoms with van der Waals surface area (Å²) < 4.78 is 11.0. The Kier molecular flexibility index (Phi) is 7.65. The van der Waals surface area contributed by atoms with Crippen molar-refractivity contribution in [3.63, 3.8) is 0 Å². The van der Waals surface area contributed by atoms with E-state index in [1.807, 2.05) is 25.1 Å². The van der Waals surface area contributed by atoms with Gasteiger partial charge in [0.25, 0.3) is 0 Å². The standard InChI is InChI=1S/C24H28N2O5/c1-3-13-26(17(2)24(29)25-19-7-5-4-6-8-19)23(28)12-10-20(27)18-9-11-21-22(16-18)31-15-14-30-21/h4-9,11,16-17H,3,10,12-15H2,1-2H3,(H,25,29). The van der Waals surface area contributed by atoms with Crippen molar-refractivity contribution in [1.82, 2.24) is 4.90 Å². The molecule has 1 atom stereocenters. The molecule has 1 N–H and O–H groups in total. The third kappa shape index (κ3) is 5.84. The van der Waals surface area contributed by atoms with E-state index in [1.54, 1.807) is 37.3 Å². The molecule has 7 heteroatoms. The lowest BCUT2D eigenvalue weighted by molar-refractivity contribution is -0.138. The van der Waals surface area contributed by atoms with Crippen molar-refractivity contribution >= 4 is 23.3 Å². The molecule has 1 heterocycles. The normalized spacial score (nSPS) is 13.2. The average Bonchev–Trinajstić information content (AvgIpc) is 2.80. The quantitative estimate of drug-likeness (QED) is 0.621. The summed E-state index contributed by atoms with van der Waals surface area (Å²) in [6.45, 7) is 5.02. The molecule has 1 unspecified atom stereocenters. The van der Waals surface area contributed by atoms with Crippen LogP contribution in [0.1, 0.15) is 43.5 Å². The molecule has 0 aliphatic carbocycles. The summed E-state index contributed by atoms with van der Waals surface area (Å²) >= 11 is 0. The van der Waals surface area contributed by atoms with E-state index in [0.717, 1.165) is 0 Å². The highest BCUT2D eigenvalue weighted by molar-refractivity contribution is 6.00. The molecule has 2 aromatic carbocycles. The van der Waals surface area contributed by atoms with Gasteiger partial charge in [-0.25, -0.2) is 0 Å². The molecule has 0 saturated heterocycles. The van der Waals surface area contributed by atoms with Crippen LogP contribution in [0.3, 0.4) is 0 Å². The van der Waals surface area contributed by atoms with E-state index in [-0.39, 0.29) is 30.4 Å². The molecule has 2 aromatic rings. The third-order valence-corrected chi connectivity index (χ3v) is 5.10. The van der Waals surface area contributed by atoms with E-state index in [0.29, 0.717) is 48.9 Å². The molecule has 1 aliphatic heterocycles. The second-order valence-corrected chi connectivity index (χ2v) is 7.40. The molecular weight excluding hydrogens is 396 g/mol. The number of rotatable bonds is 9. The van der Waals surface area contributed by atoms with E-state index >= 15 is 0 Å². The number of carbonyl (C=O) groups is 3. The van der Waals surface area contributed by atoms with Gasteiger partial charge in [-0.3, -0.25) is 14.4 Å². The van der Waals surface area contributed by atoms with Crippen LogP contribution in [0.15, 0.2) is 48.5 Å². The smallest absolute Gasteiger partial charge is 0.246 e. The van der Waals surface area contributed by atoms with Gasteiger partial charge in [0.15, 0.2) is 17.3 Å². The highest BCUT2D eigenvalue weighted by Gasteiger charge is 2.26. The summed E-state index contributed by atoms with van der Waals surface area (Å²) in [5.74, 6) is 0.534. The fourth-order valence-electron chi connectivity index (χ4n) is 3.41. The molecule has 31 heavy (non-hydrogen) atoms. The molecule has 0 fully saturated rings. The zero-order valence-corrected chi connectivity index (χ0v) is 17.9. The Hall–Kier alpha value is -3.35. The van der Waals surface area contributed by atoms with Gasteiger partial charge in [0.2, 0.25) is 11.8 Å². The zero-order chi connectivity index (χ0) is 22.2. The largest absolute Gasteiger partial charge is 0.486 e. The number of benzene rings is 2. The van der Waals surface area contributed by atoms with Gasteiger partial charge >= 0.3 is 0 Å². The van der Waals surface area contributed by atoms with Crippen molar-refractivity contribution in [2.75, 3.05) is 25.1 Å². The molecule has 1 aliphatic rings. The van der Waals surface area contributed by atoms with Crippen LogP contribution in [-0.4, -0.2) is 48.3 Å². The van der Waals surface area contributed by atoms with Gasteiger partial charge in [0.05, 0.1) is 0 Å². The lowest BCUT2D eigenvalue weighted by atomic mass is 10.0. The fraction of sp³-hybridized carbons (Fsp3) is 0.375. The van der Waals surface area contributed by atoms with Crippen LogP contribution in [0, 0.1) is 0 Å². The number of amides is 2. The Morgan fingerprint density at radius 3 is 2.42 bits per heavy atom. The van der Waals surface area contributed by atoms with Crippen LogP contribution < -0.4 is 14.8 Å². The minimum atomic E-state index is -0.642. The van der Waals surface area contributed by atoms with Gasteiger partial charge in [-0.2, -0.15) is 0 Å². The van der Waals surface area contributed by atoms with Crippen LogP contribution >= 0.6 is 0 Å². The highest BCUT2D eigenvalue weighted by atomic mass is 16.6. The van der Waals surface area contributed by atoms with Crippen molar-refractivity contribution in [3.05, 3.63) is 54.1 Å². The number of nitrogens with zero attached hydrogens (tertiary/aromatic N) is 1. The summed E-state index contributed by atoms with van der Waals surface area (Å²) in [5, 5.41) is 2.83. The SMILES string of the molecule is CCCN(C(=O)CCC(=O)c1ccc2c(c1)OCCO2)C(C)C(=O)Nc1ccccc1. The molecule has 0 radical (unpaired) electrons. The number of para-hydroxylation sites is 1. The Morgan fingerprint density at radius 2 is 1.71 bits per heavy atom. The van der Waals surface area contributed by atoms with E-state index < -0.39 is 6.04 Å². The van der Waals surface area contributed by atoms with Crippen molar-refractivity contribution in [2.24, 2.45) is 0 Å². The fourth-order valence-corrected chi connectivity index (χ4v) is 3.41. The second-order valence-electron chi connectivity index (χ2n) is 7.40. The Morgan fingerprint density at radius 1 is 1.00 bits per heavy atom. The van der Waals surface area contributed by atoms with E-state index in [9.17, 15) is 14.4 Å². The summed E-state index contributed by atoms with van der Waals surface area (Å²) in [6, 6.07) is 13.5. The molecular formula is C24H28N2O5. The Bertz CT molecular complexity index is 929. The van der Waals surface area contributed by atoms with E-state index in [2.05, 4.69) is 5.32 Å². The van der Waals surface area contributed by atoms with Crippen molar-refractivity contribution in [3.8, 4) is 11.5 Å². The maximum atomic E-state index is 12.8. The first-order valence-corrected chi connectivity index (χ1v) is 10.6. The van der Waals surface area contributed by atoms with Crippen molar-refractivity contribution < 1.29 is 23.9 Å². The van der Waals surface area contributed by atoms with Crippen LogP contribution in [0.4, 0.5) is 5.69 Å². The minimum Gasteiger partial charge on any atom is -0.486 e. The number of anilines is 1. The topological polar surface area (TPSA) is 84.9 Å². The van der Waals surface area contributed by atoms with Gasteiger partial charge in [-0.15, -0.1) is 0 Å². The molecule has 0 spiro atoms. The number of fused-ring (bicyclic) bond motifs is 1. The van der Waals surface area contributed by atoms with Gasteiger partial charge in [0, 0.05) is 30.6 Å². The highest BCUT2D eigenvalue weighted by Crippen LogP contribution is 2.31. The molecule has 2 amide bonds. The van der Waals surface area contributed by atoms with Gasteiger partial charge in [-0.05, 0) is 43.7 Å². The maximum Gasteiger partial charge on any atom is 0.246 e. The number of nitrogens with one attached hydrogen (secondary N) is 1. The summed E-state index contributed by atoms with van der Waals surface area (Å²) in [6.07, 6.45) is 0.812. The lowest BCUT2D eigenvalue weighted by Gasteiger charge is -2.28. The molecule has 0 bridgehead atoms. The van der Waals surface area contributed by atoms with Gasteiger partial charge < -0.3 is 19.7 Å². The average molecular weight is 424 g/mol. The third-order valence-electron chi connectivity index (χ3n) is 5.10. The molecule has 0 aromatic heterocycles. The van der Waals surface area contributed by atoms with E-state index in [4.69, 9.17) is 9.47 Å². The number of hydrogen-bond acceptors (Lipinski definition) is 5. The van der Waals surface area contributed by atoms with Crippen LogP contribution in [-0.2, 0) is 9.59 Å². The zero-order valence-electron chi connectivity index (χ0n) is 17.9. The summed E-state index contributed by atoms with van der Waals surface area (Å²) in [4.78, 5) is 39.6. The molecule has 0 saturated carbocycles. The number of Topliss-reactive ketones (excluding diaryl/α,β-unsaturated/α-hetero) is 1. The van der Waals surface area contributed by atoms with Gasteiger partial charge in [-0.1, -0.05) is 25.1 Å². The maximum absolute atomic E-state index is 12.8. The van der Waals surface area contributed by atoms with Crippen LogP contribution in [0.2, 0.25) is 0 Å². The van der Waals surface area contributed by atoms with Crippen molar-refractivity contribution in [2.45, 2.75) is 39.2 Å². The number of hydrogen-bond donors (Lipinski definition) is 1. The van der Waals surface area contributed by atoms with Gasteiger partial charge in [0.1, 0.15) is 19.3 Å². The summed E-state index contributed by atoms with van der Waals surface area (Å²) in [7, 11) is 0. The predicted molar refractivity (Wildman–Crippen MR) is 118 cm³/mol. The minimum absolute atomic E-state index is 0.0379. The molecule has 3 rings (SSSR count). The molecule has 164 valence electrons. The summed E-state index contributed by atoms with van der Waals surface area (Å²) in [5.41, 5.74) is 1.16. The first-order valence-electron chi connectivity index (χ1n) is 10.6. The van der Waals surface area contributed by atoms with Crippen LogP contribution in [0.5, 0.6) is 11.5 Å². The number of ketones is 1. The Balaban J connectivity index is 1.59. The number of carbonyl (C=O) groups excluding carboxylic acids is 3. The van der Waals surface area contributed by atoms with Crippen molar-refractivity contribution in [1.29, 1.82) is 0 Å². The van der Waals surface area contributed by atoms with Crippen LogP contribution in [0.25, 0.3) is 0 Å².